The fraction of sp³-hybridized carbons (Fsp3) is 0.241. The highest BCUT2D eigenvalue weighted by Crippen LogP contribution is 2.39. The Morgan fingerprint density at radius 2 is 1.56 bits per heavy atom. The van der Waals surface area contributed by atoms with Crippen molar-refractivity contribution in [2.75, 3.05) is 12.0 Å². The topological polar surface area (TPSA) is 41.9 Å². The van der Waals surface area contributed by atoms with Gasteiger partial charge in [0.1, 0.15) is 5.75 Å². The van der Waals surface area contributed by atoms with E-state index in [4.69, 9.17) is 9.73 Å². The second kappa shape index (κ2) is 9.90. The first kappa shape index (κ1) is 23.8. The van der Waals surface area contributed by atoms with E-state index in [1.54, 1.807) is 12.0 Å². The highest BCUT2D eigenvalue weighted by molar-refractivity contribution is 8.19. The third kappa shape index (κ3) is 4.95. The van der Waals surface area contributed by atoms with Crippen molar-refractivity contribution in [2.24, 2.45) is 4.99 Å². The van der Waals surface area contributed by atoms with Gasteiger partial charge in [0, 0.05) is 0 Å². The van der Waals surface area contributed by atoms with Gasteiger partial charge in [-0.3, -0.25) is 9.69 Å². The van der Waals surface area contributed by atoms with E-state index in [2.05, 4.69) is 19.9 Å². The van der Waals surface area contributed by atoms with E-state index in [0.29, 0.717) is 16.0 Å². The fourth-order valence-corrected chi connectivity index (χ4v) is 4.83. The second-order valence-corrected chi connectivity index (χ2v) is 9.93. The normalized spacial score (nSPS) is 16.2. The number of anilines is 1. The molecule has 0 bridgehead atoms. The molecule has 0 N–H and O–H groups in total. The molecule has 0 radical (unpaired) electrons. The summed E-state index contributed by atoms with van der Waals surface area (Å²) >= 11 is 1.41. The highest BCUT2D eigenvalue weighted by Gasteiger charge is 2.35. The Labute approximate surface area is 206 Å². The average Bonchev–Trinajstić information content (AvgIpc) is 3.11. The van der Waals surface area contributed by atoms with Crippen molar-refractivity contribution in [3.05, 3.63) is 93.4 Å². The molecule has 174 valence electrons. The van der Waals surface area contributed by atoms with Crippen LogP contribution in [0.5, 0.6) is 5.75 Å². The van der Waals surface area contributed by atoms with E-state index in [0.717, 1.165) is 39.4 Å². The van der Waals surface area contributed by atoms with Crippen molar-refractivity contribution in [3.63, 3.8) is 0 Å². The van der Waals surface area contributed by atoms with Crippen LogP contribution in [0.15, 0.2) is 70.6 Å². The lowest BCUT2D eigenvalue weighted by molar-refractivity contribution is -0.113. The number of benzene rings is 3. The Morgan fingerprint density at radius 1 is 0.941 bits per heavy atom. The summed E-state index contributed by atoms with van der Waals surface area (Å²) in [6.45, 7) is 10.4. The number of aliphatic imine (C=N–C) groups is 1. The van der Waals surface area contributed by atoms with E-state index < -0.39 is 0 Å². The first-order valence-electron chi connectivity index (χ1n) is 11.4. The number of thioether (sulfide) groups is 1. The quantitative estimate of drug-likeness (QED) is 0.362. The number of rotatable bonds is 5. The maximum absolute atomic E-state index is 13.6. The maximum Gasteiger partial charge on any atom is 0.271 e. The number of aryl methyl sites for hydroxylation is 3. The minimum atomic E-state index is -0.0685. The molecule has 0 spiro atoms. The lowest BCUT2D eigenvalue weighted by Crippen LogP contribution is -2.28. The molecule has 3 aromatic rings. The number of methoxy groups -OCH3 is 1. The molecule has 5 heteroatoms. The van der Waals surface area contributed by atoms with E-state index in [1.165, 1.54) is 17.3 Å². The van der Waals surface area contributed by atoms with E-state index >= 15 is 0 Å². The summed E-state index contributed by atoms with van der Waals surface area (Å²) in [5.74, 6) is 1.12. The van der Waals surface area contributed by atoms with Gasteiger partial charge >= 0.3 is 0 Å². The standard InChI is InChI=1S/C29H30N2O2S/c1-18(2)25-16-22(21(5)15-26(25)33-6)17-27-28(32)31(24-13-9-20(4)10-14-24)29(34-27)30-23-11-7-19(3)8-12-23/h7-18H,1-6H3/b27-17+,30-29?. The maximum atomic E-state index is 13.6. The molecular formula is C29H30N2O2S. The van der Waals surface area contributed by atoms with Gasteiger partial charge in [-0.2, -0.15) is 0 Å². The van der Waals surface area contributed by atoms with Gasteiger partial charge in [-0.1, -0.05) is 49.2 Å². The number of hydrogen-bond acceptors (Lipinski definition) is 4. The van der Waals surface area contributed by atoms with Gasteiger partial charge < -0.3 is 4.74 Å². The molecule has 0 aromatic heterocycles. The SMILES string of the molecule is COc1cc(C)c(/C=C2/SC(=Nc3ccc(C)cc3)N(c3ccc(C)cc3)C2=O)cc1C(C)C. The number of ether oxygens (including phenoxy) is 1. The molecule has 1 heterocycles. The predicted molar refractivity (Wildman–Crippen MR) is 144 cm³/mol. The molecule has 1 aliphatic heterocycles. The van der Waals surface area contributed by atoms with Crippen molar-refractivity contribution >= 4 is 40.3 Å². The Hall–Kier alpha value is -3.31. The summed E-state index contributed by atoms with van der Waals surface area (Å²) in [4.78, 5) is 20.8. The highest BCUT2D eigenvalue weighted by atomic mass is 32.2. The van der Waals surface area contributed by atoms with Gasteiger partial charge in [-0.05, 0) is 97.6 Å². The van der Waals surface area contributed by atoms with Gasteiger partial charge in [-0.15, -0.1) is 0 Å². The van der Waals surface area contributed by atoms with Gasteiger partial charge in [0.05, 0.1) is 23.4 Å². The van der Waals surface area contributed by atoms with Crippen LogP contribution in [0.3, 0.4) is 0 Å². The molecule has 4 rings (SSSR count). The molecule has 0 saturated carbocycles. The first-order valence-corrected chi connectivity index (χ1v) is 12.2. The van der Waals surface area contributed by atoms with Gasteiger partial charge in [0.2, 0.25) is 0 Å². The number of hydrogen-bond donors (Lipinski definition) is 0. The Balaban J connectivity index is 1.80. The van der Waals surface area contributed by atoms with Crippen LogP contribution in [0.25, 0.3) is 6.08 Å². The third-order valence-electron chi connectivity index (χ3n) is 5.88. The minimum absolute atomic E-state index is 0.0685. The predicted octanol–water partition coefficient (Wildman–Crippen LogP) is 7.55. The summed E-state index contributed by atoms with van der Waals surface area (Å²) in [5.41, 5.74) is 7.15. The van der Waals surface area contributed by atoms with Crippen LogP contribution in [0.1, 0.15) is 47.6 Å². The van der Waals surface area contributed by atoms with Crippen LogP contribution in [-0.4, -0.2) is 18.2 Å². The van der Waals surface area contributed by atoms with Crippen molar-refractivity contribution in [1.82, 2.24) is 0 Å². The van der Waals surface area contributed by atoms with Crippen LogP contribution in [0, 0.1) is 20.8 Å². The number of carbonyl (C=O) groups is 1. The van der Waals surface area contributed by atoms with Crippen LogP contribution in [-0.2, 0) is 4.79 Å². The van der Waals surface area contributed by atoms with Crippen molar-refractivity contribution < 1.29 is 9.53 Å². The molecule has 4 nitrogen and oxygen atoms in total. The number of carbonyl (C=O) groups excluding carboxylic acids is 1. The molecule has 1 amide bonds. The molecule has 0 unspecified atom stereocenters. The van der Waals surface area contributed by atoms with E-state index in [-0.39, 0.29) is 5.91 Å². The zero-order valence-electron chi connectivity index (χ0n) is 20.5. The van der Waals surface area contributed by atoms with Gasteiger partial charge in [0.15, 0.2) is 5.17 Å². The third-order valence-corrected chi connectivity index (χ3v) is 6.85. The van der Waals surface area contributed by atoms with Crippen molar-refractivity contribution in [3.8, 4) is 5.75 Å². The van der Waals surface area contributed by atoms with Gasteiger partial charge in [0.25, 0.3) is 5.91 Å². The van der Waals surface area contributed by atoms with Crippen LogP contribution < -0.4 is 9.64 Å². The Bertz CT molecular complexity index is 1270. The molecule has 0 atom stereocenters. The molecular weight excluding hydrogens is 440 g/mol. The number of amidine groups is 1. The Morgan fingerprint density at radius 3 is 2.15 bits per heavy atom. The molecule has 1 fully saturated rings. The zero-order valence-corrected chi connectivity index (χ0v) is 21.4. The van der Waals surface area contributed by atoms with E-state index in [1.807, 2.05) is 81.4 Å². The van der Waals surface area contributed by atoms with Crippen LogP contribution in [0.4, 0.5) is 11.4 Å². The van der Waals surface area contributed by atoms with Crippen LogP contribution >= 0.6 is 11.8 Å². The molecule has 1 aliphatic rings. The fourth-order valence-electron chi connectivity index (χ4n) is 3.84. The molecule has 3 aromatic carbocycles. The molecule has 0 aliphatic carbocycles. The minimum Gasteiger partial charge on any atom is -0.496 e. The van der Waals surface area contributed by atoms with Crippen LogP contribution in [0.2, 0.25) is 0 Å². The number of nitrogens with zero attached hydrogens (tertiary/aromatic N) is 2. The Kier molecular flexibility index (Phi) is 6.94. The van der Waals surface area contributed by atoms with Gasteiger partial charge in [-0.25, -0.2) is 4.99 Å². The van der Waals surface area contributed by atoms with Crippen molar-refractivity contribution in [1.29, 1.82) is 0 Å². The summed E-state index contributed by atoms with van der Waals surface area (Å²) in [5, 5.41) is 0.652. The lowest BCUT2D eigenvalue weighted by Gasteiger charge is -2.16. The first-order chi connectivity index (χ1) is 16.3. The molecule has 34 heavy (non-hydrogen) atoms. The summed E-state index contributed by atoms with van der Waals surface area (Å²) in [6.07, 6.45) is 1.98. The molecule has 1 saturated heterocycles. The number of amides is 1. The summed E-state index contributed by atoms with van der Waals surface area (Å²) in [7, 11) is 1.70. The second-order valence-electron chi connectivity index (χ2n) is 8.92. The lowest BCUT2D eigenvalue weighted by atomic mass is 9.96. The van der Waals surface area contributed by atoms with Crippen molar-refractivity contribution in [2.45, 2.75) is 40.5 Å². The monoisotopic (exact) mass is 470 g/mol. The summed E-state index contributed by atoms with van der Waals surface area (Å²) < 4.78 is 5.59. The summed E-state index contributed by atoms with van der Waals surface area (Å²) in [6, 6.07) is 20.2. The van der Waals surface area contributed by atoms with E-state index in [9.17, 15) is 4.79 Å². The largest absolute Gasteiger partial charge is 0.496 e. The zero-order chi connectivity index (χ0) is 24.4. The smallest absolute Gasteiger partial charge is 0.271 e. The average molecular weight is 471 g/mol.